The first-order valence-electron chi connectivity index (χ1n) is 8.47. The number of thioether (sulfide) groups is 1. The summed E-state index contributed by atoms with van der Waals surface area (Å²) in [6.45, 7) is 1.60. The lowest BCUT2D eigenvalue weighted by Gasteiger charge is -2.12. The molecule has 3 amide bonds. The maximum atomic E-state index is 13.9. The van der Waals surface area contributed by atoms with Gasteiger partial charge in [-0.2, -0.15) is 0 Å². The van der Waals surface area contributed by atoms with Crippen molar-refractivity contribution in [2.24, 2.45) is 0 Å². The first-order valence-corrected chi connectivity index (χ1v) is 9.66. The van der Waals surface area contributed by atoms with Crippen LogP contribution in [0.3, 0.4) is 0 Å². The number of imide groups is 1. The fraction of sp³-hybridized carbons (Fsp3) is 0.150. The third-order valence-electron chi connectivity index (χ3n) is 4.10. The Morgan fingerprint density at radius 1 is 1.21 bits per heavy atom. The molecule has 8 heteroatoms. The Labute approximate surface area is 170 Å². The largest absolute Gasteiger partial charge is 0.325 e. The summed E-state index contributed by atoms with van der Waals surface area (Å²) in [7, 11) is 0. The van der Waals surface area contributed by atoms with Crippen molar-refractivity contribution in [1.82, 2.24) is 4.90 Å². The molecule has 2 aromatic carbocycles. The number of benzene rings is 2. The van der Waals surface area contributed by atoms with E-state index in [0.717, 1.165) is 16.9 Å². The molecule has 0 atom stereocenters. The van der Waals surface area contributed by atoms with Crippen molar-refractivity contribution in [3.63, 3.8) is 0 Å². The molecule has 1 fully saturated rings. The summed E-state index contributed by atoms with van der Waals surface area (Å²) in [5.41, 5.74) is 1.72. The zero-order chi connectivity index (χ0) is 20.3. The van der Waals surface area contributed by atoms with Crippen LogP contribution in [0.25, 0.3) is 6.08 Å². The fourth-order valence-corrected chi connectivity index (χ4v) is 3.62. The SMILES string of the molecule is CCc1ccc(NC(=O)CN2C(=O)S/C(=C\c3c(F)cccc3Cl)C2=O)cc1. The summed E-state index contributed by atoms with van der Waals surface area (Å²) in [4.78, 5) is 37.7. The molecule has 0 spiro atoms. The van der Waals surface area contributed by atoms with E-state index < -0.39 is 29.4 Å². The van der Waals surface area contributed by atoms with Crippen LogP contribution in [0, 0.1) is 5.82 Å². The van der Waals surface area contributed by atoms with E-state index in [0.29, 0.717) is 17.4 Å². The number of halogens is 2. The van der Waals surface area contributed by atoms with Crippen molar-refractivity contribution in [1.29, 1.82) is 0 Å². The van der Waals surface area contributed by atoms with Crippen LogP contribution in [0.1, 0.15) is 18.1 Å². The number of carbonyl (C=O) groups excluding carboxylic acids is 3. The highest BCUT2D eigenvalue weighted by Crippen LogP contribution is 2.34. The molecule has 144 valence electrons. The molecule has 0 unspecified atom stereocenters. The van der Waals surface area contributed by atoms with E-state index in [1.54, 1.807) is 12.1 Å². The second-order valence-electron chi connectivity index (χ2n) is 6.00. The molecule has 1 aliphatic heterocycles. The van der Waals surface area contributed by atoms with Gasteiger partial charge in [0.25, 0.3) is 11.1 Å². The van der Waals surface area contributed by atoms with Crippen molar-refractivity contribution >= 4 is 52.2 Å². The van der Waals surface area contributed by atoms with Gasteiger partial charge in [0, 0.05) is 11.3 Å². The van der Waals surface area contributed by atoms with Crippen molar-refractivity contribution < 1.29 is 18.8 Å². The lowest BCUT2D eigenvalue weighted by molar-refractivity contribution is -0.127. The van der Waals surface area contributed by atoms with Gasteiger partial charge in [0.1, 0.15) is 12.4 Å². The highest BCUT2D eigenvalue weighted by molar-refractivity contribution is 8.18. The number of aryl methyl sites for hydroxylation is 1. The average molecular weight is 419 g/mol. The first-order chi connectivity index (χ1) is 13.4. The van der Waals surface area contributed by atoms with Crippen LogP contribution in [0.2, 0.25) is 5.02 Å². The topological polar surface area (TPSA) is 66.5 Å². The Hall–Kier alpha value is -2.64. The lowest BCUT2D eigenvalue weighted by atomic mass is 10.1. The van der Waals surface area contributed by atoms with Gasteiger partial charge in [-0.1, -0.05) is 36.7 Å². The molecule has 0 aromatic heterocycles. The van der Waals surface area contributed by atoms with E-state index in [1.165, 1.54) is 24.3 Å². The molecule has 0 radical (unpaired) electrons. The number of nitrogens with zero attached hydrogens (tertiary/aromatic N) is 1. The number of hydrogen-bond acceptors (Lipinski definition) is 4. The second kappa shape index (κ2) is 8.58. The molecule has 0 saturated carbocycles. The fourth-order valence-electron chi connectivity index (χ4n) is 2.58. The monoisotopic (exact) mass is 418 g/mol. The van der Waals surface area contributed by atoms with Gasteiger partial charge >= 0.3 is 0 Å². The van der Waals surface area contributed by atoms with E-state index in [9.17, 15) is 18.8 Å². The summed E-state index contributed by atoms with van der Waals surface area (Å²) in [5, 5.41) is 2.18. The predicted octanol–water partition coefficient (Wildman–Crippen LogP) is 4.72. The number of nitrogens with one attached hydrogen (secondary N) is 1. The lowest BCUT2D eigenvalue weighted by Crippen LogP contribution is -2.36. The molecule has 1 heterocycles. The second-order valence-corrected chi connectivity index (χ2v) is 7.40. The Bertz CT molecular complexity index is 956. The molecule has 0 aliphatic carbocycles. The first kappa shape index (κ1) is 20.1. The van der Waals surface area contributed by atoms with Crippen molar-refractivity contribution in [2.45, 2.75) is 13.3 Å². The molecule has 2 aromatic rings. The van der Waals surface area contributed by atoms with Crippen LogP contribution in [0.5, 0.6) is 0 Å². The number of hydrogen-bond donors (Lipinski definition) is 1. The van der Waals surface area contributed by atoms with Gasteiger partial charge in [-0.05, 0) is 54.1 Å². The zero-order valence-corrected chi connectivity index (χ0v) is 16.4. The third kappa shape index (κ3) is 4.43. The van der Waals surface area contributed by atoms with Gasteiger partial charge in [-0.25, -0.2) is 4.39 Å². The molecular formula is C20H16ClFN2O3S. The van der Waals surface area contributed by atoms with Crippen LogP contribution in [-0.4, -0.2) is 28.5 Å². The molecule has 3 rings (SSSR count). The maximum absolute atomic E-state index is 13.9. The smallest absolute Gasteiger partial charge is 0.294 e. The van der Waals surface area contributed by atoms with E-state index in [1.807, 2.05) is 19.1 Å². The summed E-state index contributed by atoms with van der Waals surface area (Å²) >= 11 is 6.60. The average Bonchev–Trinajstić information content (AvgIpc) is 2.93. The zero-order valence-electron chi connectivity index (χ0n) is 14.9. The maximum Gasteiger partial charge on any atom is 0.294 e. The quantitative estimate of drug-likeness (QED) is 0.713. The Morgan fingerprint density at radius 3 is 2.57 bits per heavy atom. The van der Waals surface area contributed by atoms with Gasteiger partial charge in [0.2, 0.25) is 5.91 Å². The van der Waals surface area contributed by atoms with Crippen molar-refractivity contribution in [3.05, 3.63) is 69.3 Å². The Morgan fingerprint density at radius 2 is 1.93 bits per heavy atom. The summed E-state index contributed by atoms with van der Waals surface area (Å²) in [6.07, 6.45) is 2.10. The van der Waals surface area contributed by atoms with Gasteiger partial charge < -0.3 is 5.32 Å². The summed E-state index contributed by atoms with van der Waals surface area (Å²) in [5.74, 6) is -1.77. The number of carbonyl (C=O) groups is 3. The van der Waals surface area contributed by atoms with Gasteiger partial charge in [0.15, 0.2) is 0 Å². The van der Waals surface area contributed by atoms with Gasteiger partial charge in [-0.3, -0.25) is 19.3 Å². The Balaban J connectivity index is 1.71. The van der Waals surface area contributed by atoms with Gasteiger partial charge in [-0.15, -0.1) is 0 Å². The van der Waals surface area contributed by atoms with Crippen LogP contribution in [0.15, 0.2) is 47.4 Å². The Kier molecular flexibility index (Phi) is 6.16. The van der Waals surface area contributed by atoms with Crippen LogP contribution in [-0.2, 0) is 16.0 Å². The molecular weight excluding hydrogens is 403 g/mol. The normalized spacial score (nSPS) is 15.4. The summed E-state index contributed by atoms with van der Waals surface area (Å²) in [6, 6.07) is 11.4. The minimum absolute atomic E-state index is 0.0112. The van der Waals surface area contributed by atoms with Crippen LogP contribution >= 0.6 is 23.4 Å². The highest BCUT2D eigenvalue weighted by atomic mass is 35.5. The van der Waals surface area contributed by atoms with Crippen LogP contribution in [0.4, 0.5) is 14.9 Å². The predicted molar refractivity (Wildman–Crippen MR) is 109 cm³/mol. The minimum Gasteiger partial charge on any atom is -0.325 e. The standard InChI is InChI=1S/C20H16ClFN2O3S/c1-2-12-6-8-13(9-7-12)23-18(25)11-24-19(26)17(28-20(24)27)10-14-15(21)4-3-5-16(14)22/h3-10H,2,11H2,1H3,(H,23,25)/b17-10-. The van der Waals surface area contributed by atoms with Crippen molar-refractivity contribution in [2.75, 3.05) is 11.9 Å². The molecule has 0 bridgehead atoms. The van der Waals surface area contributed by atoms with E-state index in [2.05, 4.69) is 5.32 Å². The van der Waals surface area contributed by atoms with E-state index in [-0.39, 0.29) is 15.5 Å². The van der Waals surface area contributed by atoms with E-state index in [4.69, 9.17) is 11.6 Å². The van der Waals surface area contributed by atoms with E-state index >= 15 is 0 Å². The number of anilines is 1. The molecule has 28 heavy (non-hydrogen) atoms. The molecule has 1 N–H and O–H groups in total. The van der Waals surface area contributed by atoms with Crippen molar-refractivity contribution in [3.8, 4) is 0 Å². The summed E-state index contributed by atoms with van der Waals surface area (Å²) < 4.78 is 13.9. The van der Waals surface area contributed by atoms with Crippen LogP contribution < -0.4 is 5.32 Å². The molecule has 1 aliphatic rings. The van der Waals surface area contributed by atoms with Gasteiger partial charge in [0.05, 0.1) is 9.93 Å². The number of rotatable bonds is 5. The molecule has 5 nitrogen and oxygen atoms in total. The number of amides is 3. The minimum atomic E-state index is -0.661. The third-order valence-corrected chi connectivity index (χ3v) is 5.33. The molecule has 1 saturated heterocycles. The highest BCUT2D eigenvalue weighted by Gasteiger charge is 2.36.